The topological polar surface area (TPSA) is 196 Å². The van der Waals surface area contributed by atoms with Crippen LogP contribution in [0.25, 0.3) is 10.8 Å². The molecule has 0 radical (unpaired) electrons. The van der Waals surface area contributed by atoms with Crippen molar-refractivity contribution in [3.8, 4) is 17.2 Å². The second kappa shape index (κ2) is 15.6. The van der Waals surface area contributed by atoms with E-state index in [1.165, 1.54) is 27.2 Å². The SMILES string of the molecule is CO[C@H]1/C=C/O[C@@]2(C)Oc3c(C)c(O)c4c(O)c(c5c(c4c3C2=O)NC2C=C(C)C=CN52)NC(=O)/C(C)=C\C=C\[C@H](C)[C@H](O)[C@@H](C)[C@@H](O)[C@@H](C)[C@H](OC(C)=O)C1C. The number of aromatic hydroxyl groups is 2. The van der Waals surface area contributed by atoms with E-state index in [1.54, 1.807) is 72.0 Å². The first-order valence-electron chi connectivity index (χ1n) is 19.1. The first kappa shape index (κ1) is 41.3. The van der Waals surface area contributed by atoms with Crippen molar-refractivity contribution in [2.75, 3.05) is 22.6 Å². The molecule has 14 heteroatoms. The molecule has 0 aliphatic carbocycles. The van der Waals surface area contributed by atoms with Crippen LogP contribution < -0.4 is 20.3 Å². The number of carbonyl (C=O) groups is 3. The first-order chi connectivity index (χ1) is 26.8. The van der Waals surface area contributed by atoms with Gasteiger partial charge in [0.2, 0.25) is 0 Å². The fourth-order valence-electron chi connectivity index (χ4n) is 8.27. The highest BCUT2D eigenvalue weighted by molar-refractivity contribution is 6.27. The molecule has 4 aliphatic heterocycles. The van der Waals surface area contributed by atoms with Crippen LogP contribution in [0.15, 0.2) is 60.1 Å². The summed E-state index contributed by atoms with van der Waals surface area (Å²) in [6.07, 6.45) is 9.12. The van der Waals surface area contributed by atoms with Gasteiger partial charge in [-0.1, -0.05) is 45.9 Å². The van der Waals surface area contributed by atoms with E-state index in [9.17, 15) is 34.8 Å². The lowest BCUT2D eigenvalue weighted by molar-refractivity contribution is -0.160. The molecule has 306 valence electrons. The van der Waals surface area contributed by atoms with Crippen molar-refractivity contribution in [3.05, 3.63) is 71.2 Å². The predicted molar refractivity (Wildman–Crippen MR) is 215 cm³/mol. The number of ketones is 1. The van der Waals surface area contributed by atoms with E-state index < -0.39 is 83.4 Å². The molecule has 0 spiro atoms. The lowest BCUT2D eigenvalue weighted by Crippen LogP contribution is -2.46. The molecule has 14 nitrogen and oxygen atoms in total. The van der Waals surface area contributed by atoms with E-state index in [0.29, 0.717) is 11.4 Å². The lowest BCUT2D eigenvalue weighted by Gasteiger charge is -2.38. The number of nitrogens with one attached hydrogen (secondary N) is 2. The van der Waals surface area contributed by atoms with Crippen molar-refractivity contribution in [1.82, 2.24) is 0 Å². The number of methoxy groups -OCH3 is 1. The number of rotatable bonds is 2. The van der Waals surface area contributed by atoms with Crippen LogP contribution in [0.4, 0.5) is 17.1 Å². The molecule has 10 atom stereocenters. The molecule has 2 unspecified atom stereocenters. The molecule has 1 amide bonds. The molecule has 4 aliphatic rings. The Hall–Kier alpha value is -5.31. The zero-order chi connectivity index (χ0) is 41.8. The third-order valence-corrected chi connectivity index (χ3v) is 11.8. The Bertz CT molecular complexity index is 2150. The number of aliphatic hydroxyl groups is 2. The Morgan fingerprint density at radius 1 is 0.947 bits per heavy atom. The van der Waals surface area contributed by atoms with Gasteiger partial charge in [0.15, 0.2) is 5.75 Å². The number of carbonyl (C=O) groups excluding carboxylic acids is 3. The monoisotopic (exact) mass is 787 g/mol. The third-order valence-electron chi connectivity index (χ3n) is 11.8. The van der Waals surface area contributed by atoms with Crippen LogP contribution in [0.1, 0.15) is 71.3 Å². The molecule has 6 rings (SSSR count). The Morgan fingerprint density at radius 2 is 1.65 bits per heavy atom. The number of phenols is 2. The third kappa shape index (κ3) is 7.14. The zero-order valence-electron chi connectivity index (χ0n) is 33.9. The summed E-state index contributed by atoms with van der Waals surface area (Å²) in [7, 11) is 1.46. The van der Waals surface area contributed by atoms with E-state index in [1.807, 2.05) is 24.0 Å². The van der Waals surface area contributed by atoms with E-state index in [2.05, 4.69) is 10.6 Å². The minimum atomic E-state index is -1.94. The zero-order valence-corrected chi connectivity index (χ0v) is 33.9. The van der Waals surface area contributed by atoms with Gasteiger partial charge in [-0.3, -0.25) is 14.4 Å². The summed E-state index contributed by atoms with van der Waals surface area (Å²) in [5.41, 5.74) is 2.18. The van der Waals surface area contributed by atoms with Crippen molar-refractivity contribution in [2.45, 2.75) is 98.7 Å². The molecule has 6 N–H and O–H groups in total. The number of ether oxygens (including phenoxy) is 4. The lowest BCUT2D eigenvalue weighted by atomic mass is 9.78. The van der Waals surface area contributed by atoms with Crippen LogP contribution in [-0.2, 0) is 23.8 Å². The number of allylic oxidation sites excluding steroid dienone is 4. The van der Waals surface area contributed by atoms with Crippen molar-refractivity contribution < 1.29 is 53.8 Å². The van der Waals surface area contributed by atoms with Crippen LogP contribution in [0.3, 0.4) is 0 Å². The maximum absolute atomic E-state index is 14.6. The van der Waals surface area contributed by atoms with E-state index >= 15 is 0 Å². The summed E-state index contributed by atoms with van der Waals surface area (Å²) >= 11 is 0. The predicted octanol–water partition coefficient (Wildman–Crippen LogP) is 6.08. The number of nitrogens with zero attached hydrogens (tertiary/aromatic N) is 1. The number of hydrogen-bond acceptors (Lipinski definition) is 13. The summed E-state index contributed by atoms with van der Waals surface area (Å²) in [5.74, 6) is -6.77. The van der Waals surface area contributed by atoms with Gasteiger partial charge in [-0.25, -0.2) is 0 Å². The highest BCUT2D eigenvalue weighted by atomic mass is 16.7. The molecule has 0 fully saturated rings. The Kier molecular flexibility index (Phi) is 11.3. The van der Waals surface area contributed by atoms with E-state index in [4.69, 9.17) is 18.9 Å². The van der Waals surface area contributed by atoms with Crippen LogP contribution in [-0.4, -0.2) is 81.6 Å². The molecule has 2 aromatic carbocycles. The average molecular weight is 788 g/mol. The molecular formula is C43H53N3O11. The summed E-state index contributed by atoms with van der Waals surface area (Å²) in [5, 5.41) is 53.0. The standard InChI is InChI=1S/C43H53N3O11/c1-19-14-16-46-28(18-19)44-32-29-30-37(50)25(7)40-31(29)41(52)43(9,57-40)55-17-15-27(54-10)22(4)39(56-26(8)47)24(6)36(49)23(5)35(48)20(2)12-11-13-21(3)42(53)45-33(34(32)46)38(30)51/h11-18,20,22-24,27-28,35-36,39,44,48-51H,1-10H3,(H,45,53)/b12-11+,17-15+,21-13-/t20-,22?,23+,24+,27-,28?,35-,36+,39+,43-/m0/s1. The first-order valence-corrected chi connectivity index (χ1v) is 19.1. The smallest absolute Gasteiger partial charge is 0.312 e. The fourth-order valence-corrected chi connectivity index (χ4v) is 8.27. The van der Waals surface area contributed by atoms with E-state index in [0.717, 1.165) is 5.57 Å². The number of amides is 1. The van der Waals surface area contributed by atoms with Crippen molar-refractivity contribution in [1.29, 1.82) is 0 Å². The number of phenolic OH excluding ortho intramolecular Hbond substituents is 2. The minimum absolute atomic E-state index is 0.0109. The number of fused-ring (bicyclic) bond motifs is 2. The normalized spacial score (nSPS) is 33.6. The number of esters is 1. The summed E-state index contributed by atoms with van der Waals surface area (Å²) < 4.78 is 23.9. The summed E-state index contributed by atoms with van der Waals surface area (Å²) in [6.45, 7) is 14.8. The molecular weight excluding hydrogens is 734 g/mol. The number of aliphatic hydroxyl groups excluding tert-OH is 2. The highest BCUT2D eigenvalue weighted by Gasteiger charge is 2.50. The number of Topliss-reactive ketones (excluding diaryl/α,β-unsaturated/α-hetero) is 1. The Labute approximate surface area is 332 Å². The molecule has 0 saturated heterocycles. The van der Waals surface area contributed by atoms with Gasteiger partial charge >= 0.3 is 11.8 Å². The van der Waals surface area contributed by atoms with Crippen LogP contribution in [0.2, 0.25) is 0 Å². The van der Waals surface area contributed by atoms with Gasteiger partial charge in [0.1, 0.15) is 29.5 Å². The molecule has 57 heavy (non-hydrogen) atoms. The van der Waals surface area contributed by atoms with Crippen LogP contribution in [0, 0.1) is 30.6 Å². The average Bonchev–Trinajstić information content (AvgIpc) is 3.67. The quantitative estimate of drug-likeness (QED) is 0.117. The van der Waals surface area contributed by atoms with Crippen LogP contribution >= 0.6 is 0 Å². The van der Waals surface area contributed by atoms with Crippen LogP contribution in [0.5, 0.6) is 17.2 Å². The Morgan fingerprint density at radius 3 is 2.32 bits per heavy atom. The second-order valence-corrected chi connectivity index (χ2v) is 15.8. The minimum Gasteiger partial charge on any atom is -0.507 e. The molecule has 4 heterocycles. The molecule has 0 saturated carbocycles. The van der Waals surface area contributed by atoms with Gasteiger partial charge in [0.25, 0.3) is 11.7 Å². The van der Waals surface area contributed by atoms with E-state index in [-0.39, 0.29) is 44.7 Å². The van der Waals surface area contributed by atoms with Crippen molar-refractivity contribution in [3.63, 3.8) is 0 Å². The highest BCUT2D eigenvalue weighted by Crippen LogP contribution is 2.59. The van der Waals surface area contributed by atoms with Gasteiger partial charge in [0.05, 0.1) is 46.9 Å². The number of benzene rings is 2. The van der Waals surface area contributed by atoms with Gasteiger partial charge in [-0.2, -0.15) is 0 Å². The van der Waals surface area contributed by atoms with Gasteiger partial charge < -0.3 is 54.9 Å². The summed E-state index contributed by atoms with van der Waals surface area (Å²) in [4.78, 5) is 42.6. The number of anilines is 3. The molecule has 0 aromatic heterocycles. The van der Waals surface area contributed by atoms with Gasteiger partial charge in [0, 0.05) is 67.4 Å². The maximum atomic E-state index is 14.6. The summed E-state index contributed by atoms with van der Waals surface area (Å²) in [6, 6.07) is 0. The van der Waals surface area contributed by atoms with Gasteiger partial charge in [-0.15, -0.1) is 0 Å². The number of hydrogen-bond donors (Lipinski definition) is 6. The maximum Gasteiger partial charge on any atom is 0.312 e. The van der Waals surface area contributed by atoms with Crippen molar-refractivity contribution >= 4 is 45.5 Å². The molecule has 4 bridgehead atoms. The second-order valence-electron chi connectivity index (χ2n) is 15.8. The van der Waals surface area contributed by atoms with Crippen molar-refractivity contribution in [2.24, 2.45) is 23.7 Å². The fraction of sp³-hybridized carbons (Fsp3) is 0.465. The van der Waals surface area contributed by atoms with Gasteiger partial charge in [-0.05, 0) is 44.6 Å². The largest absolute Gasteiger partial charge is 0.507 e. The Balaban J connectivity index is 1.54. The molecule has 2 aromatic rings.